The quantitative estimate of drug-likeness (QED) is 0.365. The number of halogens is 1. The van der Waals surface area contributed by atoms with E-state index in [-0.39, 0.29) is 30.4 Å². The monoisotopic (exact) mass is 445 g/mol. The molecule has 0 amide bonds. The Morgan fingerprint density at radius 2 is 1.85 bits per heavy atom. The van der Waals surface area contributed by atoms with E-state index in [1.54, 1.807) is 36.2 Å². The number of anilines is 1. The van der Waals surface area contributed by atoms with E-state index in [9.17, 15) is 14.3 Å². The minimum Gasteiger partial charge on any atom is -0.497 e. The molecule has 1 unspecified atom stereocenters. The van der Waals surface area contributed by atoms with Gasteiger partial charge in [0.05, 0.1) is 20.3 Å². The fourth-order valence-corrected chi connectivity index (χ4v) is 3.62. The first-order chi connectivity index (χ1) is 16.1. The van der Waals surface area contributed by atoms with Gasteiger partial charge in [-0.2, -0.15) is 5.10 Å². The van der Waals surface area contributed by atoms with Crippen molar-refractivity contribution in [3.63, 3.8) is 0 Å². The predicted molar refractivity (Wildman–Crippen MR) is 125 cm³/mol. The molecule has 1 heterocycles. The molecule has 7 heteroatoms. The van der Waals surface area contributed by atoms with Crippen molar-refractivity contribution in [1.82, 2.24) is 9.78 Å². The molecule has 0 saturated carbocycles. The molecule has 33 heavy (non-hydrogen) atoms. The van der Waals surface area contributed by atoms with Crippen LogP contribution >= 0.6 is 0 Å². The number of hydrogen-bond donors (Lipinski definition) is 2. The van der Waals surface area contributed by atoms with Crippen LogP contribution in [0.5, 0.6) is 5.75 Å². The molecule has 168 valence electrons. The Bertz CT molecular complexity index is 1220. The zero-order valence-electron chi connectivity index (χ0n) is 18.1. The van der Waals surface area contributed by atoms with E-state index >= 15 is 0 Å². The number of rotatable bonds is 9. The number of Topliss-reactive ketones (excluding diaryl/α,β-unsaturated/α-hetero) is 1. The van der Waals surface area contributed by atoms with Crippen LogP contribution in [0.2, 0.25) is 0 Å². The molecule has 0 spiro atoms. The van der Waals surface area contributed by atoms with E-state index in [0.717, 1.165) is 5.56 Å². The summed E-state index contributed by atoms with van der Waals surface area (Å²) in [6, 6.07) is 21.7. The molecule has 0 aliphatic carbocycles. The lowest BCUT2D eigenvalue weighted by Crippen LogP contribution is -2.22. The summed E-state index contributed by atoms with van der Waals surface area (Å²) in [7, 11) is 1.57. The molecular weight excluding hydrogens is 421 g/mol. The summed E-state index contributed by atoms with van der Waals surface area (Å²) in [6.45, 7) is 0.157. The number of aliphatic hydroxyl groups excluding tert-OH is 1. The van der Waals surface area contributed by atoms with E-state index in [1.807, 2.05) is 48.5 Å². The molecule has 0 saturated heterocycles. The first-order valence-corrected chi connectivity index (χ1v) is 10.5. The number of nitrogens with zero attached hydrogens (tertiary/aromatic N) is 2. The lowest BCUT2D eigenvalue weighted by molar-refractivity contribution is 0.0964. The van der Waals surface area contributed by atoms with Gasteiger partial charge in [-0.15, -0.1) is 0 Å². The Morgan fingerprint density at radius 1 is 1.09 bits per heavy atom. The highest BCUT2D eigenvalue weighted by Crippen LogP contribution is 2.30. The van der Waals surface area contributed by atoms with Crippen LogP contribution in [-0.4, -0.2) is 34.4 Å². The number of hydrogen-bond acceptors (Lipinski definition) is 5. The first-order valence-electron chi connectivity index (χ1n) is 10.5. The molecule has 1 atom stereocenters. The minimum atomic E-state index is -0.822. The molecule has 0 fully saturated rings. The van der Waals surface area contributed by atoms with Crippen molar-refractivity contribution >= 4 is 11.5 Å². The molecule has 0 bridgehead atoms. The molecule has 6 nitrogen and oxygen atoms in total. The Morgan fingerprint density at radius 3 is 2.55 bits per heavy atom. The van der Waals surface area contributed by atoms with Crippen molar-refractivity contribution in [2.24, 2.45) is 0 Å². The maximum absolute atomic E-state index is 13.9. The number of ether oxygens (including phenoxy) is 1. The van der Waals surface area contributed by atoms with Gasteiger partial charge in [0, 0.05) is 23.5 Å². The molecule has 3 aromatic carbocycles. The summed E-state index contributed by atoms with van der Waals surface area (Å²) in [6.07, 6.45) is 1.76. The van der Waals surface area contributed by atoms with Gasteiger partial charge in [-0.25, -0.2) is 4.39 Å². The second-order valence-electron chi connectivity index (χ2n) is 7.47. The van der Waals surface area contributed by atoms with Crippen molar-refractivity contribution in [2.45, 2.75) is 12.6 Å². The second kappa shape index (κ2) is 10.1. The average Bonchev–Trinajstić information content (AvgIpc) is 3.28. The predicted octanol–water partition coefficient (Wildman–Crippen LogP) is 4.73. The van der Waals surface area contributed by atoms with Crippen LogP contribution in [0, 0.1) is 5.82 Å². The Hall–Kier alpha value is -3.97. The van der Waals surface area contributed by atoms with Crippen molar-refractivity contribution < 1.29 is 19.0 Å². The number of nitrogens with one attached hydrogen (secondary N) is 1. The van der Waals surface area contributed by atoms with Gasteiger partial charge < -0.3 is 15.2 Å². The number of benzene rings is 3. The Kier molecular flexibility index (Phi) is 6.80. The standard InChI is InChI=1S/C26H24FN3O3/c1-33-22-9-5-8-21(16-22)28-24(19-10-12-20(27)13-11-19)26(32)25-23(17-30(29-25)14-15-31)18-6-3-2-4-7-18/h2-13,16-17,24,28,31H,14-15H2,1H3. The van der Waals surface area contributed by atoms with Gasteiger partial charge >= 0.3 is 0 Å². The zero-order valence-corrected chi connectivity index (χ0v) is 18.1. The summed E-state index contributed by atoms with van der Waals surface area (Å²) >= 11 is 0. The van der Waals surface area contributed by atoms with Crippen LogP contribution in [0.3, 0.4) is 0 Å². The first kappa shape index (κ1) is 22.2. The number of methoxy groups -OCH3 is 1. The molecule has 0 aliphatic heterocycles. The maximum atomic E-state index is 13.9. The largest absolute Gasteiger partial charge is 0.497 e. The molecule has 1 aromatic heterocycles. The van der Waals surface area contributed by atoms with Crippen molar-refractivity contribution in [3.8, 4) is 16.9 Å². The SMILES string of the molecule is COc1cccc(NC(C(=O)c2nn(CCO)cc2-c2ccccc2)c2ccc(F)cc2)c1. The van der Waals surface area contributed by atoms with Crippen molar-refractivity contribution in [1.29, 1.82) is 0 Å². The lowest BCUT2D eigenvalue weighted by atomic mass is 9.96. The average molecular weight is 445 g/mol. The van der Waals surface area contributed by atoms with E-state index in [2.05, 4.69) is 10.4 Å². The third-order valence-electron chi connectivity index (χ3n) is 5.26. The highest BCUT2D eigenvalue weighted by atomic mass is 19.1. The highest BCUT2D eigenvalue weighted by Gasteiger charge is 2.28. The van der Waals surface area contributed by atoms with Gasteiger partial charge in [-0.05, 0) is 35.4 Å². The number of ketones is 1. The van der Waals surface area contributed by atoms with Gasteiger partial charge in [-0.3, -0.25) is 9.48 Å². The Labute approximate surface area is 191 Å². The smallest absolute Gasteiger partial charge is 0.210 e. The molecular formula is C26H24FN3O3. The van der Waals surface area contributed by atoms with Crippen LogP contribution in [0.15, 0.2) is 85.1 Å². The summed E-state index contributed by atoms with van der Waals surface area (Å²) in [4.78, 5) is 13.9. The van der Waals surface area contributed by atoms with Gasteiger partial charge in [0.2, 0.25) is 5.78 Å². The second-order valence-corrected chi connectivity index (χ2v) is 7.47. The normalized spacial score (nSPS) is 11.7. The summed E-state index contributed by atoms with van der Waals surface area (Å²) < 4.78 is 20.5. The van der Waals surface area contributed by atoms with Crippen LogP contribution < -0.4 is 10.1 Å². The third-order valence-corrected chi connectivity index (χ3v) is 5.26. The van der Waals surface area contributed by atoms with E-state index < -0.39 is 6.04 Å². The summed E-state index contributed by atoms with van der Waals surface area (Å²) in [5, 5.41) is 17.1. The zero-order chi connectivity index (χ0) is 23.2. The topological polar surface area (TPSA) is 76.4 Å². The lowest BCUT2D eigenvalue weighted by Gasteiger charge is -2.19. The van der Waals surface area contributed by atoms with E-state index in [0.29, 0.717) is 22.6 Å². The highest BCUT2D eigenvalue weighted by molar-refractivity contribution is 6.05. The van der Waals surface area contributed by atoms with Gasteiger partial charge in [0.15, 0.2) is 0 Å². The molecule has 4 rings (SSSR count). The fraction of sp³-hybridized carbons (Fsp3) is 0.154. The molecule has 4 aromatic rings. The molecule has 0 aliphatic rings. The summed E-state index contributed by atoms with van der Waals surface area (Å²) in [5.74, 6) is -0.0222. The van der Waals surface area contributed by atoms with Gasteiger partial charge in [0.25, 0.3) is 0 Å². The molecule has 0 radical (unpaired) electrons. The number of carbonyl (C=O) groups excluding carboxylic acids is 1. The Balaban J connectivity index is 1.78. The van der Waals surface area contributed by atoms with Crippen LogP contribution in [0.25, 0.3) is 11.1 Å². The van der Waals surface area contributed by atoms with E-state index in [1.165, 1.54) is 12.1 Å². The molecule has 2 N–H and O–H groups in total. The van der Waals surface area contributed by atoms with Gasteiger partial charge in [-0.1, -0.05) is 48.5 Å². The number of carbonyl (C=O) groups is 1. The van der Waals surface area contributed by atoms with E-state index in [4.69, 9.17) is 4.74 Å². The van der Waals surface area contributed by atoms with Crippen LogP contribution in [-0.2, 0) is 6.54 Å². The van der Waals surface area contributed by atoms with Crippen molar-refractivity contribution in [3.05, 3.63) is 102 Å². The third kappa shape index (κ3) is 5.10. The maximum Gasteiger partial charge on any atom is 0.210 e. The van der Waals surface area contributed by atoms with Crippen LogP contribution in [0.1, 0.15) is 22.1 Å². The van der Waals surface area contributed by atoms with Gasteiger partial charge in [0.1, 0.15) is 23.3 Å². The number of aromatic nitrogens is 2. The minimum absolute atomic E-state index is 0.104. The van der Waals surface area contributed by atoms with Crippen LogP contribution in [0.4, 0.5) is 10.1 Å². The summed E-state index contributed by atoms with van der Waals surface area (Å²) in [5.41, 5.74) is 3.03. The number of aliphatic hydroxyl groups is 1. The fourth-order valence-electron chi connectivity index (χ4n) is 3.62. The van der Waals surface area contributed by atoms with Crippen molar-refractivity contribution in [2.75, 3.05) is 19.0 Å².